The Balaban J connectivity index is 1.98. The van der Waals surface area contributed by atoms with Gasteiger partial charge in [0.25, 0.3) is 0 Å². The molecule has 0 saturated carbocycles. The Bertz CT molecular complexity index is 147. The maximum absolute atomic E-state index is 8.66. The molecule has 3 nitrogen and oxygen atoms in total. The zero-order valence-electron chi connectivity index (χ0n) is 10.0. The minimum absolute atomic E-state index is 0.322. The van der Waals surface area contributed by atoms with Crippen LogP contribution < -0.4 is 5.32 Å². The minimum atomic E-state index is 0.322. The van der Waals surface area contributed by atoms with Crippen molar-refractivity contribution in [2.75, 3.05) is 32.8 Å². The quantitative estimate of drug-likeness (QED) is 0.626. The molecule has 3 heteroatoms. The molecule has 0 radical (unpaired) electrons. The molecule has 1 atom stereocenters. The molecule has 1 aliphatic rings. The number of unbranched alkanes of at least 4 members (excludes halogenated alkanes) is 1. The van der Waals surface area contributed by atoms with E-state index in [1.165, 1.54) is 38.9 Å². The molecule has 0 aromatic heterocycles. The lowest BCUT2D eigenvalue weighted by Gasteiger charge is -2.29. The van der Waals surface area contributed by atoms with Gasteiger partial charge in [0.2, 0.25) is 0 Å². The maximum Gasteiger partial charge on any atom is 0.0431 e. The van der Waals surface area contributed by atoms with Gasteiger partial charge in [-0.15, -0.1) is 0 Å². The number of rotatable bonds is 7. The van der Waals surface area contributed by atoms with Gasteiger partial charge in [0.1, 0.15) is 0 Å². The molecule has 1 unspecified atom stereocenters. The van der Waals surface area contributed by atoms with Crippen LogP contribution in [0.5, 0.6) is 0 Å². The number of nitrogens with one attached hydrogen (secondary N) is 1. The van der Waals surface area contributed by atoms with Crippen LogP contribution in [0.15, 0.2) is 0 Å². The predicted molar refractivity (Wildman–Crippen MR) is 64.1 cm³/mol. The van der Waals surface area contributed by atoms with Gasteiger partial charge in [0, 0.05) is 19.2 Å². The fourth-order valence-corrected chi connectivity index (χ4v) is 2.18. The van der Waals surface area contributed by atoms with Gasteiger partial charge in [0.15, 0.2) is 0 Å². The zero-order chi connectivity index (χ0) is 10.9. The molecule has 0 spiro atoms. The van der Waals surface area contributed by atoms with Gasteiger partial charge in [-0.3, -0.25) is 0 Å². The van der Waals surface area contributed by atoms with Gasteiger partial charge in [-0.1, -0.05) is 6.42 Å². The molecule has 1 rings (SSSR count). The first-order chi connectivity index (χ1) is 7.33. The number of nitrogens with zero attached hydrogens (tertiary/aromatic N) is 1. The highest BCUT2D eigenvalue weighted by atomic mass is 16.2. The van der Waals surface area contributed by atoms with E-state index in [-0.39, 0.29) is 0 Å². The predicted octanol–water partition coefficient (Wildman–Crippen LogP) is 1.22. The first-order valence-electron chi connectivity index (χ1n) is 6.39. The second-order valence-electron chi connectivity index (χ2n) is 4.65. The zero-order valence-corrected chi connectivity index (χ0v) is 10.0. The normalized spacial score (nSPS) is 20.4. The van der Waals surface area contributed by atoms with Gasteiger partial charge in [0.05, 0.1) is 0 Å². The number of hydrogen-bond acceptors (Lipinski definition) is 3. The lowest BCUT2D eigenvalue weighted by Crippen LogP contribution is -2.41. The lowest BCUT2D eigenvalue weighted by molar-refractivity contribution is 0.208. The van der Waals surface area contributed by atoms with Crippen LogP contribution in [0.2, 0.25) is 0 Å². The second kappa shape index (κ2) is 8.08. The van der Waals surface area contributed by atoms with Crippen molar-refractivity contribution in [2.45, 2.75) is 45.1 Å². The second-order valence-corrected chi connectivity index (χ2v) is 4.65. The third-order valence-electron chi connectivity index (χ3n) is 3.06. The molecule has 1 aliphatic heterocycles. The average molecular weight is 214 g/mol. The smallest absolute Gasteiger partial charge is 0.0431 e. The minimum Gasteiger partial charge on any atom is -0.396 e. The summed E-state index contributed by atoms with van der Waals surface area (Å²) in [5.41, 5.74) is 0. The highest BCUT2D eigenvalue weighted by molar-refractivity contribution is 4.70. The van der Waals surface area contributed by atoms with Crippen LogP contribution in [0.3, 0.4) is 0 Å². The molecule has 2 N–H and O–H groups in total. The van der Waals surface area contributed by atoms with E-state index in [9.17, 15) is 0 Å². The Morgan fingerprint density at radius 1 is 1.20 bits per heavy atom. The number of aliphatic hydroxyl groups excluding tert-OH is 1. The molecule has 0 aliphatic carbocycles. The van der Waals surface area contributed by atoms with Crippen molar-refractivity contribution < 1.29 is 5.11 Å². The standard InChI is InChI=1S/C12H26N2O/c1-12(13-7-3-6-10-15)11-14-8-4-2-5-9-14/h12-13,15H,2-11H2,1H3. The van der Waals surface area contributed by atoms with Crippen LogP contribution in [0.4, 0.5) is 0 Å². The molecule has 1 fully saturated rings. The molecule has 90 valence electrons. The van der Waals surface area contributed by atoms with Gasteiger partial charge >= 0.3 is 0 Å². The molecule has 0 bridgehead atoms. The van der Waals surface area contributed by atoms with Crippen molar-refractivity contribution in [3.8, 4) is 0 Å². The van der Waals surface area contributed by atoms with Crippen LogP contribution in [0.1, 0.15) is 39.0 Å². The highest BCUT2D eigenvalue weighted by Gasteiger charge is 2.12. The average Bonchev–Trinajstić information content (AvgIpc) is 2.26. The summed E-state index contributed by atoms with van der Waals surface area (Å²) in [6.45, 7) is 7.36. The summed E-state index contributed by atoms with van der Waals surface area (Å²) in [6, 6.07) is 0.585. The van der Waals surface area contributed by atoms with Gasteiger partial charge in [-0.25, -0.2) is 0 Å². The van der Waals surface area contributed by atoms with E-state index in [1.807, 2.05) is 0 Å². The van der Waals surface area contributed by atoms with Crippen LogP contribution >= 0.6 is 0 Å². The van der Waals surface area contributed by atoms with E-state index in [0.29, 0.717) is 12.6 Å². The van der Waals surface area contributed by atoms with E-state index < -0.39 is 0 Å². The lowest BCUT2D eigenvalue weighted by atomic mass is 10.1. The third kappa shape index (κ3) is 6.13. The summed E-state index contributed by atoms with van der Waals surface area (Å²) in [7, 11) is 0. The molecule has 15 heavy (non-hydrogen) atoms. The third-order valence-corrected chi connectivity index (χ3v) is 3.06. The Morgan fingerprint density at radius 3 is 2.60 bits per heavy atom. The van der Waals surface area contributed by atoms with E-state index >= 15 is 0 Å². The van der Waals surface area contributed by atoms with Crippen molar-refractivity contribution in [1.82, 2.24) is 10.2 Å². The van der Waals surface area contributed by atoms with Crippen molar-refractivity contribution in [3.63, 3.8) is 0 Å². The monoisotopic (exact) mass is 214 g/mol. The van der Waals surface area contributed by atoms with Crippen molar-refractivity contribution in [3.05, 3.63) is 0 Å². The summed E-state index contributed by atoms with van der Waals surface area (Å²) in [5, 5.41) is 12.2. The summed E-state index contributed by atoms with van der Waals surface area (Å²) < 4.78 is 0. The number of likely N-dealkylation sites (tertiary alicyclic amines) is 1. The SMILES string of the molecule is CC(CN1CCCCC1)NCCCCO. The molecule has 0 aromatic carbocycles. The van der Waals surface area contributed by atoms with Crippen LogP contribution in [0, 0.1) is 0 Å². The fourth-order valence-electron chi connectivity index (χ4n) is 2.18. The highest BCUT2D eigenvalue weighted by Crippen LogP contribution is 2.08. The van der Waals surface area contributed by atoms with Crippen molar-refractivity contribution in [2.24, 2.45) is 0 Å². The van der Waals surface area contributed by atoms with E-state index in [2.05, 4.69) is 17.1 Å². The largest absolute Gasteiger partial charge is 0.396 e. The van der Waals surface area contributed by atoms with Gasteiger partial charge in [-0.2, -0.15) is 0 Å². The number of piperidine rings is 1. The van der Waals surface area contributed by atoms with E-state index in [4.69, 9.17) is 5.11 Å². The van der Waals surface area contributed by atoms with E-state index in [1.54, 1.807) is 0 Å². The molecular formula is C12H26N2O. The Morgan fingerprint density at radius 2 is 1.93 bits per heavy atom. The summed E-state index contributed by atoms with van der Waals surface area (Å²) in [6.07, 6.45) is 6.16. The number of hydrogen-bond donors (Lipinski definition) is 2. The van der Waals surface area contributed by atoms with Crippen LogP contribution in [-0.2, 0) is 0 Å². The van der Waals surface area contributed by atoms with Crippen LogP contribution in [-0.4, -0.2) is 48.8 Å². The molecule has 0 aromatic rings. The molecule has 0 amide bonds. The molecule has 1 heterocycles. The molecule has 1 saturated heterocycles. The van der Waals surface area contributed by atoms with E-state index in [0.717, 1.165) is 19.4 Å². The molecular weight excluding hydrogens is 188 g/mol. The number of aliphatic hydroxyl groups is 1. The Hall–Kier alpha value is -0.120. The fraction of sp³-hybridized carbons (Fsp3) is 1.00. The first kappa shape index (κ1) is 12.9. The van der Waals surface area contributed by atoms with Gasteiger partial charge in [-0.05, 0) is 52.2 Å². The topological polar surface area (TPSA) is 35.5 Å². The maximum atomic E-state index is 8.66. The van der Waals surface area contributed by atoms with Crippen molar-refractivity contribution >= 4 is 0 Å². The summed E-state index contributed by atoms with van der Waals surface area (Å²) >= 11 is 0. The van der Waals surface area contributed by atoms with Crippen molar-refractivity contribution in [1.29, 1.82) is 0 Å². The Labute approximate surface area is 93.9 Å². The summed E-state index contributed by atoms with van der Waals surface area (Å²) in [5.74, 6) is 0. The Kier molecular flexibility index (Phi) is 6.98. The first-order valence-corrected chi connectivity index (χ1v) is 6.39. The summed E-state index contributed by atoms with van der Waals surface area (Å²) in [4.78, 5) is 2.56. The van der Waals surface area contributed by atoms with Gasteiger partial charge < -0.3 is 15.3 Å². The van der Waals surface area contributed by atoms with Crippen LogP contribution in [0.25, 0.3) is 0 Å².